The van der Waals surface area contributed by atoms with E-state index in [1.807, 2.05) is 6.92 Å². The monoisotopic (exact) mass is 281 g/mol. The molecular formula is C15H23NO2S. The van der Waals surface area contributed by atoms with E-state index in [9.17, 15) is 4.79 Å². The van der Waals surface area contributed by atoms with Crippen molar-refractivity contribution in [1.29, 1.82) is 0 Å². The Kier molecular flexibility index (Phi) is 7.60. The zero-order chi connectivity index (χ0) is 14.1. The molecule has 1 unspecified atom stereocenters. The molecule has 0 aliphatic carbocycles. The number of ether oxygens (including phenoxy) is 1. The summed E-state index contributed by atoms with van der Waals surface area (Å²) in [6.45, 7) is 7.62. The van der Waals surface area contributed by atoms with Gasteiger partial charge in [0.2, 0.25) is 0 Å². The van der Waals surface area contributed by atoms with Crippen molar-refractivity contribution in [1.82, 2.24) is 5.32 Å². The number of hydrogen-bond acceptors (Lipinski definition) is 4. The van der Waals surface area contributed by atoms with E-state index in [1.54, 1.807) is 0 Å². The maximum absolute atomic E-state index is 11.3. The lowest BCUT2D eigenvalue weighted by Crippen LogP contribution is -2.19. The van der Waals surface area contributed by atoms with E-state index in [4.69, 9.17) is 4.74 Å². The Labute approximate surface area is 120 Å². The first-order valence-electron chi connectivity index (χ1n) is 6.79. The number of esters is 1. The second kappa shape index (κ2) is 8.99. The van der Waals surface area contributed by atoms with Crippen molar-refractivity contribution in [2.24, 2.45) is 0 Å². The Hall–Kier alpha value is -1.00. The highest BCUT2D eigenvalue weighted by atomic mass is 32.2. The van der Waals surface area contributed by atoms with Gasteiger partial charge in [-0.05, 0) is 44.5 Å². The Morgan fingerprint density at radius 2 is 2.00 bits per heavy atom. The molecule has 3 nitrogen and oxygen atoms in total. The molecule has 0 radical (unpaired) electrons. The van der Waals surface area contributed by atoms with Gasteiger partial charge < -0.3 is 10.1 Å². The first kappa shape index (κ1) is 16.1. The van der Waals surface area contributed by atoms with Crippen molar-refractivity contribution in [3.63, 3.8) is 0 Å². The standard InChI is InChI=1S/C15H23NO2S/c1-4-10-16-12(3)13-6-8-14(9-7-13)19-11-15(17)18-5-2/h6-9,12,16H,4-5,10-11H2,1-3H3. The maximum atomic E-state index is 11.3. The predicted octanol–water partition coefficient (Wildman–Crippen LogP) is 3.40. The first-order valence-corrected chi connectivity index (χ1v) is 7.77. The normalized spacial score (nSPS) is 12.2. The van der Waals surface area contributed by atoms with E-state index in [-0.39, 0.29) is 5.97 Å². The second-order valence-electron chi connectivity index (χ2n) is 4.34. The average molecular weight is 281 g/mol. The molecule has 0 aliphatic rings. The minimum Gasteiger partial charge on any atom is -0.465 e. The van der Waals surface area contributed by atoms with Gasteiger partial charge in [-0.2, -0.15) is 0 Å². The van der Waals surface area contributed by atoms with Gasteiger partial charge in [0.25, 0.3) is 0 Å². The van der Waals surface area contributed by atoms with E-state index in [0.29, 0.717) is 18.4 Å². The summed E-state index contributed by atoms with van der Waals surface area (Å²) in [6, 6.07) is 8.71. The molecule has 1 rings (SSSR count). The quantitative estimate of drug-likeness (QED) is 0.585. The van der Waals surface area contributed by atoms with Gasteiger partial charge >= 0.3 is 5.97 Å². The van der Waals surface area contributed by atoms with Gasteiger partial charge in [0, 0.05) is 10.9 Å². The number of thioether (sulfide) groups is 1. The molecule has 0 saturated heterocycles. The van der Waals surface area contributed by atoms with E-state index < -0.39 is 0 Å². The summed E-state index contributed by atoms with van der Waals surface area (Å²) in [4.78, 5) is 12.4. The fraction of sp³-hybridized carbons (Fsp3) is 0.533. The number of benzene rings is 1. The average Bonchev–Trinajstić information content (AvgIpc) is 2.43. The van der Waals surface area contributed by atoms with E-state index in [1.165, 1.54) is 17.3 Å². The van der Waals surface area contributed by atoms with Crippen LogP contribution in [-0.4, -0.2) is 24.9 Å². The molecule has 0 bridgehead atoms. The molecule has 1 aromatic carbocycles. The molecule has 0 aliphatic heterocycles. The van der Waals surface area contributed by atoms with Crippen LogP contribution in [0.1, 0.15) is 38.8 Å². The smallest absolute Gasteiger partial charge is 0.316 e. The van der Waals surface area contributed by atoms with Gasteiger partial charge in [-0.25, -0.2) is 0 Å². The van der Waals surface area contributed by atoms with Gasteiger partial charge in [0.05, 0.1) is 12.4 Å². The van der Waals surface area contributed by atoms with Crippen LogP contribution in [0.15, 0.2) is 29.2 Å². The summed E-state index contributed by atoms with van der Waals surface area (Å²) in [7, 11) is 0. The van der Waals surface area contributed by atoms with Crippen molar-refractivity contribution in [3.8, 4) is 0 Å². The molecule has 0 heterocycles. The minimum absolute atomic E-state index is 0.158. The Morgan fingerprint density at radius 3 is 2.58 bits per heavy atom. The van der Waals surface area contributed by atoms with Crippen molar-refractivity contribution in [2.75, 3.05) is 18.9 Å². The molecule has 19 heavy (non-hydrogen) atoms. The Bertz CT molecular complexity index is 378. The van der Waals surface area contributed by atoms with Crippen LogP contribution in [0.3, 0.4) is 0 Å². The molecular weight excluding hydrogens is 258 g/mol. The van der Waals surface area contributed by atoms with Crippen LogP contribution in [0.25, 0.3) is 0 Å². The molecule has 0 amide bonds. The highest BCUT2D eigenvalue weighted by Gasteiger charge is 2.06. The summed E-state index contributed by atoms with van der Waals surface area (Å²) in [6.07, 6.45) is 1.14. The zero-order valence-corrected chi connectivity index (χ0v) is 12.8. The largest absolute Gasteiger partial charge is 0.465 e. The lowest BCUT2D eigenvalue weighted by molar-refractivity contribution is -0.139. The van der Waals surface area contributed by atoms with Crippen LogP contribution in [-0.2, 0) is 9.53 Å². The van der Waals surface area contributed by atoms with Crippen molar-refractivity contribution in [3.05, 3.63) is 29.8 Å². The number of carbonyl (C=O) groups is 1. The SMILES string of the molecule is CCCNC(C)c1ccc(SCC(=O)OCC)cc1. The Balaban J connectivity index is 2.45. The minimum atomic E-state index is -0.158. The summed E-state index contributed by atoms with van der Waals surface area (Å²) < 4.78 is 4.90. The van der Waals surface area contributed by atoms with Crippen molar-refractivity contribution >= 4 is 17.7 Å². The lowest BCUT2D eigenvalue weighted by Gasteiger charge is -2.13. The molecule has 1 aromatic rings. The van der Waals surface area contributed by atoms with Crippen LogP contribution < -0.4 is 5.32 Å². The zero-order valence-electron chi connectivity index (χ0n) is 11.9. The highest BCUT2D eigenvalue weighted by Crippen LogP contribution is 2.21. The summed E-state index contributed by atoms with van der Waals surface area (Å²) in [5.41, 5.74) is 1.27. The van der Waals surface area contributed by atoms with Crippen LogP contribution in [0.5, 0.6) is 0 Å². The van der Waals surface area contributed by atoms with Gasteiger partial charge in [0.15, 0.2) is 0 Å². The topological polar surface area (TPSA) is 38.3 Å². The van der Waals surface area contributed by atoms with Crippen LogP contribution in [0, 0.1) is 0 Å². The molecule has 1 atom stereocenters. The summed E-state index contributed by atoms with van der Waals surface area (Å²) >= 11 is 1.51. The van der Waals surface area contributed by atoms with E-state index in [0.717, 1.165) is 17.9 Å². The molecule has 0 spiro atoms. The predicted molar refractivity (Wildman–Crippen MR) is 80.5 cm³/mol. The number of hydrogen-bond donors (Lipinski definition) is 1. The molecule has 106 valence electrons. The van der Waals surface area contributed by atoms with E-state index >= 15 is 0 Å². The van der Waals surface area contributed by atoms with E-state index in [2.05, 4.69) is 43.4 Å². The van der Waals surface area contributed by atoms with Gasteiger partial charge in [-0.3, -0.25) is 4.79 Å². The third kappa shape index (κ3) is 6.12. The Morgan fingerprint density at radius 1 is 1.32 bits per heavy atom. The summed E-state index contributed by atoms with van der Waals surface area (Å²) in [5, 5.41) is 3.45. The highest BCUT2D eigenvalue weighted by molar-refractivity contribution is 8.00. The fourth-order valence-electron chi connectivity index (χ4n) is 1.68. The molecule has 0 saturated carbocycles. The second-order valence-corrected chi connectivity index (χ2v) is 5.39. The molecule has 1 N–H and O–H groups in total. The number of nitrogens with one attached hydrogen (secondary N) is 1. The van der Waals surface area contributed by atoms with Gasteiger partial charge in [-0.1, -0.05) is 19.1 Å². The van der Waals surface area contributed by atoms with Crippen LogP contribution in [0.4, 0.5) is 0 Å². The van der Waals surface area contributed by atoms with Crippen molar-refractivity contribution in [2.45, 2.75) is 38.1 Å². The molecule has 4 heteroatoms. The van der Waals surface area contributed by atoms with Crippen LogP contribution in [0.2, 0.25) is 0 Å². The third-order valence-electron chi connectivity index (χ3n) is 2.74. The third-order valence-corrected chi connectivity index (χ3v) is 3.73. The number of rotatable bonds is 8. The maximum Gasteiger partial charge on any atom is 0.316 e. The molecule has 0 fully saturated rings. The van der Waals surface area contributed by atoms with Crippen molar-refractivity contribution < 1.29 is 9.53 Å². The summed E-state index contributed by atoms with van der Waals surface area (Å²) in [5.74, 6) is 0.214. The van der Waals surface area contributed by atoms with Gasteiger partial charge in [-0.15, -0.1) is 11.8 Å². The lowest BCUT2D eigenvalue weighted by atomic mass is 10.1. The molecule has 0 aromatic heterocycles. The number of carbonyl (C=O) groups excluding carboxylic acids is 1. The van der Waals surface area contributed by atoms with Gasteiger partial charge in [0.1, 0.15) is 0 Å². The fourth-order valence-corrected chi connectivity index (χ4v) is 2.37. The van der Waals surface area contributed by atoms with Crippen LogP contribution >= 0.6 is 11.8 Å². The first-order chi connectivity index (χ1) is 9.17.